The Bertz CT molecular complexity index is 946. The van der Waals surface area contributed by atoms with E-state index in [1.165, 1.54) is 24.1 Å². The molecule has 0 spiro atoms. The predicted octanol–water partition coefficient (Wildman–Crippen LogP) is 2.97. The van der Waals surface area contributed by atoms with E-state index in [2.05, 4.69) is 22.0 Å². The molecule has 0 bridgehead atoms. The zero-order valence-electron chi connectivity index (χ0n) is 13.5. The van der Waals surface area contributed by atoms with Crippen molar-refractivity contribution in [2.24, 2.45) is 0 Å². The molecule has 0 unspecified atom stereocenters. The van der Waals surface area contributed by atoms with Crippen LogP contribution in [0.5, 0.6) is 0 Å². The van der Waals surface area contributed by atoms with E-state index in [0.29, 0.717) is 5.82 Å². The number of nitrogens with two attached hydrogens (primary N) is 1. The number of aryl methyl sites for hydroxylation is 1. The molecule has 2 N–H and O–H groups in total. The van der Waals surface area contributed by atoms with Crippen LogP contribution in [0.1, 0.15) is 24.1 Å². The number of anilines is 2. The normalized spacial score (nSPS) is 16.2. The van der Waals surface area contributed by atoms with Gasteiger partial charge in [-0.1, -0.05) is 6.07 Å². The molecule has 3 heterocycles. The zero-order valence-corrected chi connectivity index (χ0v) is 13.5. The molecule has 1 aromatic carbocycles. The summed E-state index contributed by atoms with van der Waals surface area (Å²) in [4.78, 5) is 16.4. The fourth-order valence-corrected chi connectivity index (χ4v) is 3.60. The summed E-state index contributed by atoms with van der Waals surface area (Å²) in [5.74, 6) is 1.45. The number of nitrogens with zero attached hydrogens (tertiary/aromatic N) is 4. The molecule has 24 heavy (non-hydrogen) atoms. The third-order valence-electron chi connectivity index (χ3n) is 5.04. The number of rotatable bonds is 2. The highest BCUT2D eigenvalue weighted by molar-refractivity contribution is 5.85. The molecule has 3 aromatic rings. The summed E-state index contributed by atoms with van der Waals surface area (Å²) < 4.78 is 0. The van der Waals surface area contributed by atoms with Gasteiger partial charge in [0, 0.05) is 35.3 Å². The summed E-state index contributed by atoms with van der Waals surface area (Å²) in [5, 5.41) is 1.09. The molecule has 0 radical (unpaired) electrons. The second-order valence-corrected chi connectivity index (χ2v) is 6.64. The first-order valence-corrected chi connectivity index (χ1v) is 8.59. The van der Waals surface area contributed by atoms with Gasteiger partial charge in [-0.05, 0) is 49.9 Å². The molecule has 1 aliphatic carbocycles. The Kier molecular flexibility index (Phi) is 2.95. The average Bonchev–Trinajstić information content (AvgIpc) is 3.00. The van der Waals surface area contributed by atoms with Crippen molar-refractivity contribution in [3.63, 3.8) is 0 Å². The maximum absolute atomic E-state index is 5.78. The Morgan fingerprint density at radius 1 is 0.917 bits per heavy atom. The second kappa shape index (κ2) is 5.16. The van der Waals surface area contributed by atoms with Crippen molar-refractivity contribution in [2.75, 3.05) is 23.7 Å². The minimum absolute atomic E-state index is 0.554. The van der Waals surface area contributed by atoms with Gasteiger partial charge >= 0.3 is 0 Å². The van der Waals surface area contributed by atoms with Crippen LogP contribution in [0.2, 0.25) is 0 Å². The largest absolute Gasteiger partial charge is 0.384 e. The first-order valence-electron chi connectivity index (χ1n) is 8.59. The lowest BCUT2D eigenvalue weighted by atomic mass is 10.0. The van der Waals surface area contributed by atoms with Gasteiger partial charge < -0.3 is 10.6 Å². The zero-order chi connectivity index (χ0) is 16.1. The molecular formula is C19H19N5. The lowest BCUT2D eigenvalue weighted by molar-refractivity contribution is 0.599. The summed E-state index contributed by atoms with van der Waals surface area (Å²) in [5.41, 5.74) is 11.5. The average molecular weight is 317 g/mol. The Morgan fingerprint density at radius 3 is 2.67 bits per heavy atom. The molecule has 5 heteroatoms. The lowest BCUT2D eigenvalue weighted by Gasteiger charge is -2.31. The van der Waals surface area contributed by atoms with Crippen molar-refractivity contribution in [3.05, 3.63) is 41.6 Å². The van der Waals surface area contributed by atoms with Crippen LogP contribution in [0.25, 0.3) is 22.2 Å². The number of hydrogen-bond donors (Lipinski definition) is 1. The van der Waals surface area contributed by atoms with Crippen LogP contribution in [-0.4, -0.2) is 28.0 Å². The maximum Gasteiger partial charge on any atom is 0.226 e. The second-order valence-electron chi connectivity index (χ2n) is 6.64. The number of fused-ring (bicyclic) bond motifs is 2. The molecule has 0 atom stereocenters. The first kappa shape index (κ1) is 13.7. The maximum atomic E-state index is 5.78. The van der Waals surface area contributed by atoms with Gasteiger partial charge in [0.1, 0.15) is 5.82 Å². The fraction of sp³-hybridized carbons (Fsp3) is 0.316. The molecule has 0 saturated carbocycles. The van der Waals surface area contributed by atoms with E-state index >= 15 is 0 Å². The molecule has 1 saturated heterocycles. The van der Waals surface area contributed by atoms with E-state index in [-0.39, 0.29) is 0 Å². The highest BCUT2D eigenvalue weighted by atomic mass is 15.3. The van der Waals surface area contributed by atoms with E-state index in [1.807, 2.05) is 18.2 Å². The van der Waals surface area contributed by atoms with Gasteiger partial charge in [-0.3, -0.25) is 0 Å². The topological polar surface area (TPSA) is 67.9 Å². The summed E-state index contributed by atoms with van der Waals surface area (Å²) in [6, 6.07) is 10.2. The Hall–Kier alpha value is -2.69. The quantitative estimate of drug-likeness (QED) is 0.787. The van der Waals surface area contributed by atoms with Crippen LogP contribution in [0.4, 0.5) is 11.8 Å². The lowest BCUT2D eigenvalue weighted by Crippen LogP contribution is -2.38. The molecule has 2 aliphatic rings. The van der Waals surface area contributed by atoms with Crippen LogP contribution in [0, 0.1) is 0 Å². The van der Waals surface area contributed by atoms with E-state index in [1.54, 1.807) is 0 Å². The smallest absolute Gasteiger partial charge is 0.226 e. The van der Waals surface area contributed by atoms with Crippen molar-refractivity contribution < 1.29 is 0 Å². The molecule has 0 amide bonds. The third kappa shape index (κ3) is 2.12. The van der Waals surface area contributed by atoms with E-state index in [0.717, 1.165) is 54.0 Å². The molecule has 1 fully saturated rings. The van der Waals surface area contributed by atoms with Crippen LogP contribution < -0.4 is 10.6 Å². The Balaban J connectivity index is 1.67. The van der Waals surface area contributed by atoms with Gasteiger partial charge in [-0.25, -0.2) is 15.0 Å². The Morgan fingerprint density at radius 2 is 1.83 bits per heavy atom. The minimum atomic E-state index is 0.554. The molecular weight excluding hydrogens is 298 g/mol. The van der Waals surface area contributed by atoms with Crippen LogP contribution in [-0.2, 0) is 12.8 Å². The van der Waals surface area contributed by atoms with Crippen molar-refractivity contribution in [1.82, 2.24) is 15.0 Å². The fourth-order valence-electron chi connectivity index (χ4n) is 3.60. The highest BCUT2D eigenvalue weighted by Crippen LogP contribution is 2.33. The SMILES string of the molecule is Nc1ccc2cc(-c3nc(N4CCC4)nc4c3CCC4)ccc2n1. The van der Waals surface area contributed by atoms with Gasteiger partial charge in [-0.2, -0.15) is 0 Å². The monoisotopic (exact) mass is 317 g/mol. The standard InChI is InChI=1S/C19H19N5/c20-17-8-6-12-11-13(5-7-15(12)21-17)18-14-3-1-4-16(14)22-19(23-18)24-9-2-10-24/h5-8,11H,1-4,9-10H2,(H2,20,21). The van der Waals surface area contributed by atoms with Gasteiger partial charge in [0.15, 0.2) is 0 Å². The van der Waals surface area contributed by atoms with Crippen LogP contribution in [0.15, 0.2) is 30.3 Å². The summed E-state index contributed by atoms with van der Waals surface area (Å²) >= 11 is 0. The number of hydrogen-bond acceptors (Lipinski definition) is 5. The van der Waals surface area contributed by atoms with Gasteiger partial charge in [0.25, 0.3) is 0 Å². The molecule has 2 aromatic heterocycles. The van der Waals surface area contributed by atoms with Gasteiger partial charge in [0.2, 0.25) is 5.95 Å². The number of pyridine rings is 1. The van der Waals surface area contributed by atoms with Crippen LogP contribution >= 0.6 is 0 Å². The predicted molar refractivity (Wildman–Crippen MR) is 96.0 cm³/mol. The Labute approximate surface area is 140 Å². The van der Waals surface area contributed by atoms with Crippen LogP contribution in [0.3, 0.4) is 0 Å². The third-order valence-corrected chi connectivity index (χ3v) is 5.04. The van der Waals surface area contributed by atoms with Crippen molar-refractivity contribution in [2.45, 2.75) is 25.7 Å². The molecule has 1 aliphatic heterocycles. The van der Waals surface area contributed by atoms with Crippen molar-refractivity contribution in [1.29, 1.82) is 0 Å². The van der Waals surface area contributed by atoms with E-state index in [4.69, 9.17) is 15.7 Å². The molecule has 5 nitrogen and oxygen atoms in total. The first-order chi connectivity index (χ1) is 11.8. The van der Waals surface area contributed by atoms with Crippen molar-refractivity contribution in [3.8, 4) is 11.3 Å². The van der Waals surface area contributed by atoms with Gasteiger partial charge in [-0.15, -0.1) is 0 Å². The number of benzene rings is 1. The summed E-state index contributed by atoms with van der Waals surface area (Å²) in [6.45, 7) is 2.14. The van der Waals surface area contributed by atoms with Crippen molar-refractivity contribution >= 4 is 22.7 Å². The number of nitrogen functional groups attached to an aromatic ring is 1. The van der Waals surface area contributed by atoms with E-state index in [9.17, 15) is 0 Å². The molecule has 5 rings (SSSR count). The highest BCUT2D eigenvalue weighted by Gasteiger charge is 2.24. The molecule has 120 valence electrons. The van der Waals surface area contributed by atoms with Gasteiger partial charge in [0.05, 0.1) is 11.2 Å². The number of aromatic nitrogens is 3. The van der Waals surface area contributed by atoms with E-state index < -0.39 is 0 Å². The summed E-state index contributed by atoms with van der Waals surface area (Å²) in [7, 11) is 0. The summed E-state index contributed by atoms with van der Waals surface area (Å²) in [6.07, 6.45) is 4.55. The minimum Gasteiger partial charge on any atom is -0.384 e.